The van der Waals surface area contributed by atoms with Gasteiger partial charge in [0.25, 0.3) is 0 Å². The van der Waals surface area contributed by atoms with Gasteiger partial charge in [0.2, 0.25) is 5.91 Å². The number of ether oxygens (including phenoxy) is 1. The summed E-state index contributed by atoms with van der Waals surface area (Å²) in [6.45, 7) is 1.89. The van der Waals surface area contributed by atoms with Crippen molar-refractivity contribution in [1.29, 1.82) is 0 Å². The summed E-state index contributed by atoms with van der Waals surface area (Å²) in [5.41, 5.74) is 6.15. The van der Waals surface area contributed by atoms with E-state index in [2.05, 4.69) is 15.0 Å². The van der Waals surface area contributed by atoms with Gasteiger partial charge in [-0.25, -0.2) is 4.79 Å². The molecule has 0 saturated heterocycles. The van der Waals surface area contributed by atoms with Crippen LogP contribution in [0.1, 0.15) is 6.92 Å². The molecule has 0 fully saturated rings. The predicted molar refractivity (Wildman–Crippen MR) is 64.5 cm³/mol. The summed E-state index contributed by atoms with van der Waals surface area (Å²) in [6, 6.07) is 1.71. The predicted octanol–water partition coefficient (Wildman–Crippen LogP) is 1.03. The van der Waals surface area contributed by atoms with Crippen LogP contribution in [0.5, 0.6) is 0 Å². The van der Waals surface area contributed by atoms with Crippen molar-refractivity contribution in [3.05, 3.63) is 18.5 Å². The molecule has 92 valence electrons. The van der Waals surface area contributed by atoms with Crippen LogP contribution in [0.15, 0.2) is 23.4 Å². The minimum absolute atomic E-state index is 0.0903. The summed E-state index contributed by atoms with van der Waals surface area (Å²) in [6.07, 6.45) is 2.36. The van der Waals surface area contributed by atoms with E-state index in [1.807, 2.05) is 0 Å². The maximum atomic E-state index is 11.3. The summed E-state index contributed by atoms with van der Waals surface area (Å²) >= 11 is 1.23. The van der Waals surface area contributed by atoms with Crippen LogP contribution >= 0.6 is 11.8 Å². The van der Waals surface area contributed by atoms with Crippen LogP contribution in [0.2, 0.25) is 0 Å². The lowest BCUT2D eigenvalue weighted by Gasteiger charge is -2.05. The molecule has 3 N–H and O–H groups in total. The zero-order valence-electron chi connectivity index (χ0n) is 9.30. The third-order valence-corrected chi connectivity index (χ3v) is 2.78. The molecule has 0 aromatic carbocycles. The number of carbonyl (C=O) groups is 2. The number of amides is 2. The van der Waals surface area contributed by atoms with Gasteiger partial charge in [0.15, 0.2) is 0 Å². The second-order valence-electron chi connectivity index (χ2n) is 2.97. The van der Waals surface area contributed by atoms with Gasteiger partial charge in [0.1, 0.15) is 0 Å². The van der Waals surface area contributed by atoms with E-state index in [1.54, 1.807) is 19.2 Å². The first-order chi connectivity index (χ1) is 8.13. The fourth-order valence-corrected chi connectivity index (χ4v) is 1.72. The van der Waals surface area contributed by atoms with E-state index in [-0.39, 0.29) is 12.4 Å². The van der Waals surface area contributed by atoms with Crippen molar-refractivity contribution >= 4 is 29.4 Å². The Morgan fingerprint density at radius 1 is 1.59 bits per heavy atom. The number of anilines is 1. The van der Waals surface area contributed by atoms with Crippen molar-refractivity contribution in [3.63, 3.8) is 0 Å². The van der Waals surface area contributed by atoms with Gasteiger partial charge < -0.3 is 10.5 Å². The number of hydrogen-bond acceptors (Lipinski definition) is 6. The van der Waals surface area contributed by atoms with E-state index >= 15 is 0 Å². The Bertz CT molecular complexity index is 412. The van der Waals surface area contributed by atoms with E-state index in [0.29, 0.717) is 5.69 Å². The number of rotatable bonds is 4. The minimum atomic E-state index is -0.735. The highest BCUT2D eigenvalue weighted by atomic mass is 32.2. The molecular weight excluding hydrogens is 242 g/mol. The Labute approximate surface area is 103 Å². The number of imide groups is 1. The number of alkyl carbamates (subject to hydrolysis) is 1. The smallest absolute Gasteiger partial charge is 0.413 e. The van der Waals surface area contributed by atoms with Crippen LogP contribution in [0, 0.1) is 0 Å². The van der Waals surface area contributed by atoms with Gasteiger partial charge in [-0.3, -0.25) is 15.1 Å². The van der Waals surface area contributed by atoms with E-state index in [4.69, 9.17) is 5.73 Å². The number of aromatic nitrogens is 1. The van der Waals surface area contributed by atoms with Crippen LogP contribution < -0.4 is 11.1 Å². The van der Waals surface area contributed by atoms with Crippen LogP contribution in [-0.4, -0.2) is 29.3 Å². The number of nitrogens with zero attached hydrogens (tertiary/aromatic N) is 1. The Hall–Kier alpha value is -1.76. The van der Waals surface area contributed by atoms with Gasteiger partial charge in [0, 0.05) is 11.1 Å². The molecule has 0 aliphatic heterocycles. The lowest BCUT2D eigenvalue weighted by Crippen LogP contribution is -2.32. The number of thioether (sulfide) groups is 1. The molecule has 0 aliphatic rings. The Balaban J connectivity index is 2.38. The van der Waals surface area contributed by atoms with Gasteiger partial charge >= 0.3 is 6.09 Å². The van der Waals surface area contributed by atoms with Gasteiger partial charge in [-0.2, -0.15) is 0 Å². The minimum Gasteiger partial charge on any atom is -0.450 e. The molecule has 2 amide bonds. The molecule has 1 aromatic heterocycles. The molecule has 0 saturated carbocycles. The van der Waals surface area contributed by atoms with Crippen molar-refractivity contribution in [3.8, 4) is 0 Å². The molecule has 1 aromatic rings. The fraction of sp³-hybridized carbons (Fsp3) is 0.300. The highest BCUT2D eigenvalue weighted by Gasteiger charge is 2.09. The Kier molecular flexibility index (Phi) is 5.28. The quantitative estimate of drug-likeness (QED) is 0.780. The molecule has 0 aliphatic carbocycles. The molecule has 6 nitrogen and oxygen atoms in total. The molecule has 0 bridgehead atoms. The second kappa shape index (κ2) is 6.74. The van der Waals surface area contributed by atoms with Crippen molar-refractivity contribution in [2.24, 2.45) is 0 Å². The van der Waals surface area contributed by atoms with Crippen molar-refractivity contribution in [1.82, 2.24) is 10.3 Å². The second-order valence-corrected chi connectivity index (χ2v) is 3.99. The molecule has 0 spiro atoms. The first kappa shape index (κ1) is 13.3. The monoisotopic (exact) mass is 255 g/mol. The average Bonchev–Trinajstić information content (AvgIpc) is 2.28. The van der Waals surface area contributed by atoms with Gasteiger partial charge in [-0.05, 0) is 13.0 Å². The standard InChI is InChI=1S/C10H13N3O3S/c1-2-16-10(15)13-9(14)6-17-8-3-4-12-5-7(8)11/h3-5H,2,6,11H2,1H3,(H,13,14,15). The van der Waals surface area contributed by atoms with E-state index in [1.165, 1.54) is 18.0 Å². The Morgan fingerprint density at radius 3 is 3.00 bits per heavy atom. The van der Waals surface area contributed by atoms with Crippen LogP contribution in [0.3, 0.4) is 0 Å². The number of nitrogens with one attached hydrogen (secondary N) is 1. The SMILES string of the molecule is CCOC(=O)NC(=O)CSc1ccncc1N. The van der Waals surface area contributed by atoms with Crippen LogP contribution in [0.25, 0.3) is 0 Å². The number of nitrogens with two attached hydrogens (primary N) is 1. The zero-order chi connectivity index (χ0) is 12.7. The van der Waals surface area contributed by atoms with E-state index < -0.39 is 12.0 Å². The molecular formula is C10H13N3O3S. The topological polar surface area (TPSA) is 94.3 Å². The highest BCUT2D eigenvalue weighted by molar-refractivity contribution is 8.00. The third kappa shape index (κ3) is 4.73. The van der Waals surface area contributed by atoms with Crippen molar-refractivity contribution in [2.75, 3.05) is 18.1 Å². The molecule has 0 radical (unpaired) electrons. The summed E-state index contributed by atoms with van der Waals surface area (Å²) < 4.78 is 4.57. The summed E-state index contributed by atoms with van der Waals surface area (Å²) in [5.74, 6) is -0.336. The van der Waals surface area contributed by atoms with Gasteiger partial charge in [0.05, 0.1) is 24.2 Å². The maximum absolute atomic E-state index is 11.3. The summed E-state index contributed by atoms with van der Waals surface area (Å²) in [7, 11) is 0. The maximum Gasteiger partial charge on any atom is 0.413 e. The zero-order valence-corrected chi connectivity index (χ0v) is 10.1. The number of pyridine rings is 1. The number of carbonyl (C=O) groups excluding carboxylic acids is 2. The average molecular weight is 255 g/mol. The van der Waals surface area contributed by atoms with Crippen LogP contribution in [0.4, 0.5) is 10.5 Å². The molecule has 7 heteroatoms. The highest BCUT2D eigenvalue weighted by Crippen LogP contribution is 2.22. The van der Waals surface area contributed by atoms with Crippen molar-refractivity contribution < 1.29 is 14.3 Å². The normalized spacial score (nSPS) is 9.71. The third-order valence-electron chi connectivity index (χ3n) is 1.69. The first-order valence-electron chi connectivity index (χ1n) is 4.92. The van der Waals surface area contributed by atoms with Crippen molar-refractivity contribution in [2.45, 2.75) is 11.8 Å². The van der Waals surface area contributed by atoms with E-state index in [0.717, 1.165) is 4.90 Å². The molecule has 0 atom stereocenters. The molecule has 0 unspecified atom stereocenters. The summed E-state index contributed by atoms with van der Waals surface area (Å²) in [4.78, 5) is 26.8. The lowest BCUT2D eigenvalue weighted by atomic mass is 10.4. The molecule has 17 heavy (non-hydrogen) atoms. The summed E-state index contributed by atoms with van der Waals surface area (Å²) in [5, 5.41) is 2.09. The van der Waals surface area contributed by atoms with Gasteiger partial charge in [-0.1, -0.05) is 0 Å². The molecule has 1 heterocycles. The van der Waals surface area contributed by atoms with E-state index in [9.17, 15) is 9.59 Å². The van der Waals surface area contributed by atoms with Crippen LogP contribution in [-0.2, 0) is 9.53 Å². The first-order valence-corrected chi connectivity index (χ1v) is 5.91. The lowest BCUT2D eigenvalue weighted by molar-refractivity contribution is -0.117. The Morgan fingerprint density at radius 2 is 2.35 bits per heavy atom. The fourth-order valence-electron chi connectivity index (χ4n) is 0.986. The van der Waals surface area contributed by atoms with Gasteiger partial charge in [-0.15, -0.1) is 11.8 Å². The largest absolute Gasteiger partial charge is 0.450 e. The molecule has 1 rings (SSSR count). The number of hydrogen-bond donors (Lipinski definition) is 2. The number of nitrogen functional groups attached to an aromatic ring is 1.